The number of ketones is 2. The molecule has 1 N–H and O–H groups in total. The molecule has 4 bridgehead atoms. The highest BCUT2D eigenvalue weighted by atomic mass is 16.6. The number of hydrogen-bond donors (Lipinski definition) is 1. The second-order valence-electron chi connectivity index (χ2n) is 9.70. The number of carbonyl (C=O) groups excluding carboxylic acids is 3. The monoisotopic (exact) mass is 414 g/mol. The summed E-state index contributed by atoms with van der Waals surface area (Å²) in [5.74, 6) is -0.604. The molecule has 7 nitrogen and oxygen atoms in total. The van der Waals surface area contributed by atoms with Gasteiger partial charge in [-0.25, -0.2) is 4.79 Å². The number of carbonyl (C=O) groups is 3. The van der Waals surface area contributed by atoms with E-state index in [9.17, 15) is 19.5 Å². The maximum absolute atomic E-state index is 13.3. The topological polar surface area (TPSA) is 99.1 Å². The first-order chi connectivity index (χ1) is 14.1. The van der Waals surface area contributed by atoms with Crippen molar-refractivity contribution in [2.24, 2.45) is 22.2 Å². The molecule has 1 aliphatic heterocycles. The molecular formula is C23H26O7. The number of Topliss-reactive ketones (excluding diaryl/α,β-unsaturated/α-hetero) is 2. The molecule has 5 fully saturated rings. The molecule has 1 heterocycles. The Morgan fingerprint density at radius 1 is 1.17 bits per heavy atom. The average Bonchev–Trinajstić information content (AvgIpc) is 3.09. The largest absolute Gasteiger partial charge is 0.497 e. The summed E-state index contributed by atoms with van der Waals surface area (Å²) in [7, 11) is 1.54. The van der Waals surface area contributed by atoms with Crippen LogP contribution in [0.5, 0.6) is 5.75 Å². The molecule has 7 heteroatoms. The summed E-state index contributed by atoms with van der Waals surface area (Å²) in [6.45, 7) is 5.45. The zero-order valence-corrected chi connectivity index (χ0v) is 17.6. The molecule has 160 valence electrons. The number of fused-ring (bicyclic) bond motifs is 1. The Labute approximate surface area is 174 Å². The second kappa shape index (κ2) is 5.71. The molecule has 1 saturated heterocycles. The summed E-state index contributed by atoms with van der Waals surface area (Å²) in [5.41, 5.74) is -4.79. The quantitative estimate of drug-likeness (QED) is 0.755. The van der Waals surface area contributed by atoms with E-state index >= 15 is 0 Å². The van der Waals surface area contributed by atoms with Crippen molar-refractivity contribution in [2.45, 2.75) is 51.4 Å². The summed E-state index contributed by atoms with van der Waals surface area (Å²) < 4.78 is 17.2. The van der Waals surface area contributed by atoms with E-state index in [1.165, 1.54) is 7.11 Å². The van der Waals surface area contributed by atoms with Gasteiger partial charge in [0.15, 0.2) is 5.78 Å². The predicted octanol–water partition coefficient (Wildman–Crippen LogP) is 1.94. The number of ether oxygens (including phenoxy) is 3. The maximum atomic E-state index is 13.3. The lowest BCUT2D eigenvalue weighted by molar-refractivity contribution is -0.275. The zero-order valence-electron chi connectivity index (χ0n) is 17.6. The highest BCUT2D eigenvalue weighted by Crippen LogP contribution is 2.77. The molecule has 6 rings (SSSR count). The van der Waals surface area contributed by atoms with Crippen LogP contribution in [0.4, 0.5) is 0 Å². The van der Waals surface area contributed by atoms with E-state index in [0.717, 1.165) is 0 Å². The van der Waals surface area contributed by atoms with E-state index in [2.05, 4.69) is 0 Å². The van der Waals surface area contributed by atoms with Crippen LogP contribution in [-0.4, -0.2) is 54.2 Å². The van der Waals surface area contributed by atoms with Crippen LogP contribution in [0.3, 0.4) is 0 Å². The van der Waals surface area contributed by atoms with Crippen molar-refractivity contribution in [1.29, 1.82) is 0 Å². The molecule has 0 radical (unpaired) electrons. The van der Waals surface area contributed by atoms with Crippen molar-refractivity contribution in [3.05, 3.63) is 29.8 Å². The van der Waals surface area contributed by atoms with Crippen molar-refractivity contribution in [3.63, 3.8) is 0 Å². The fourth-order valence-electron chi connectivity index (χ4n) is 6.96. The molecule has 7 unspecified atom stereocenters. The number of esters is 1. The molecule has 5 aliphatic rings. The van der Waals surface area contributed by atoms with Gasteiger partial charge in [-0.3, -0.25) is 9.59 Å². The molecule has 0 amide bonds. The van der Waals surface area contributed by atoms with E-state index in [4.69, 9.17) is 14.2 Å². The van der Waals surface area contributed by atoms with Gasteiger partial charge in [0.25, 0.3) is 0 Å². The van der Waals surface area contributed by atoms with Crippen LogP contribution in [0.2, 0.25) is 0 Å². The molecule has 0 aromatic heterocycles. The van der Waals surface area contributed by atoms with Gasteiger partial charge in [-0.1, -0.05) is 13.8 Å². The van der Waals surface area contributed by atoms with Crippen molar-refractivity contribution in [3.8, 4) is 5.75 Å². The predicted molar refractivity (Wildman–Crippen MR) is 104 cm³/mol. The van der Waals surface area contributed by atoms with Crippen LogP contribution in [0.25, 0.3) is 0 Å². The van der Waals surface area contributed by atoms with Gasteiger partial charge < -0.3 is 19.3 Å². The second-order valence-corrected chi connectivity index (χ2v) is 9.70. The van der Waals surface area contributed by atoms with Crippen molar-refractivity contribution >= 4 is 17.5 Å². The molecule has 1 aromatic carbocycles. The molecule has 7 atom stereocenters. The van der Waals surface area contributed by atoms with Gasteiger partial charge in [0, 0.05) is 18.3 Å². The van der Waals surface area contributed by atoms with Crippen LogP contribution >= 0.6 is 0 Å². The van der Waals surface area contributed by atoms with Gasteiger partial charge in [-0.2, -0.15) is 0 Å². The highest BCUT2D eigenvalue weighted by molar-refractivity contribution is 6.01. The van der Waals surface area contributed by atoms with Crippen molar-refractivity contribution < 1.29 is 33.7 Å². The Kier molecular flexibility index (Phi) is 3.75. The molecular weight excluding hydrogens is 388 g/mol. The number of rotatable bonds is 3. The lowest BCUT2D eigenvalue weighted by Crippen LogP contribution is -2.81. The zero-order chi connectivity index (χ0) is 21.7. The highest BCUT2D eigenvalue weighted by Gasteiger charge is 2.90. The Morgan fingerprint density at radius 2 is 1.83 bits per heavy atom. The Morgan fingerprint density at radius 3 is 2.47 bits per heavy atom. The summed E-state index contributed by atoms with van der Waals surface area (Å²) in [6.07, 6.45) is -1.43. The summed E-state index contributed by atoms with van der Waals surface area (Å²) >= 11 is 0. The van der Waals surface area contributed by atoms with Gasteiger partial charge in [0.2, 0.25) is 0 Å². The Hall–Kier alpha value is -2.25. The number of aliphatic hydroxyl groups is 1. The van der Waals surface area contributed by atoms with Gasteiger partial charge in [-0.05, 0) is 37.1 Å². The lowest BCUT2D eigenvalue weighted by Gasteiger charge is -2.67. The third kappa shape index (κ3) is 1.79. The van der Waals surface area contributed by atoms with Crippen LogP contribution in [-0.2, 0) is 19.1 Å². The lowest BCUT2D eigenvalue weighted by atomic mass is 9.36. The minimum Gasteiger partial charge on any atom is -0.497 e. The van der Waals surface area contributed by atoms with Crippen molar-refractivity contribution in [2.75, 3.05) is 13.7 Å². The van der Waals surface area contributed by atoms with Gasteiger partial charge in [0.1, 0.15) is 29.3 Å². The third-order valence-corrected chi connectivity index (χ3v) is 8.89. The van der Waals surface area contributed by atoms with Crippen LogP contribution in [0.15, 0.2) is 24.3 Å². The first kappa shape index (κ1) is 19.7. The van der Waals surface area contributed by atoms with Crippen molar-refractivity contribution in [1.82, 2.24) is 0 Å². The first-order valence-electron chi connectivity index (χ1n) is 10.3. The summed E-state index contributed by atoms with van der Waals surface area (Å²) in [6, 6.07) is 6.52. The van der Waals surface area contributed by atoms with E-state index in [1.54, 1.807) is 38.1 Å². The normalized spacial score (nSPS) is 46.1. The Balaban J connectivity index is 1.62. The maximum Gasteiger partial charge on any atom is 0.338 e. The number of hydrogen-bond acceptors (Lipinski definition) is 7. The molecule has 1 spiro atoms. The van der Waals surface area contributed by atoms with Gasteiger partial charge >= 0.3 is 5.97 Å². The smallest absolute Gasteiger partial charge is 0.338 e. The van der Waals surface area contributed by atoms with Crippen LogP contribution in [0, 0.1) is 22.2 Å². The number of benzene rings is 1. The van der Waals surface area contributed by atoms with E-state index in [1.807, 2.05) is 6.92 Å². The summed E-state index contributed by atoms with van der Waals surface area (Å²) in [5, 5.41) is 12.0. The Bertz CT molecular complexity index is 968. The molecule has 1 aromatic rings. The minimum atomic E-state index is -1.78. The average molecular weight is 414 g/mol. The van der Waals surface area contributed by atoms with E-state index in [-0.39, 0.29) is 36.9 Å². The number of methoxy groups -OCH3 is 1. The molecule has 4 saturated carbocycles. The first-order valence-corrected chi connectivity index (χ1v) is 10.3. The van der Waals surface area contributed by atoms with Crippen LogP contribution < -0.4 is 4.74 Å². The standard InChI is InChI=1S/C23H26O7/c1-12-9-15(24)23(27)20(2)11-29-17-18(22(12,23)10-16(25)21(17,20)3)30-19(26)13-5-7-14(28-4)8-6-13/h5-8,12,17-18,27H,9-11H2,1-4H3. The third-order valence-electron chi connectivity index (χ3n) is 8.89. The van der Waals surface area contributed by atoms with Gasteiger partial charge in [-0.15, -0.1) is 0 Å². The SMILES string of the molecule is COc1ccc(C(=O)OC2C3OCC4(C)C3(C)C(=O)CC23C(C)CC(=O)C34O)cc1. The van der Waals surface area contributed by atoms with E-state index < -0.39 is 40.0 Å². The fraction of sp³-hybridized carbons (Fsp3) is 0.609. The minimum absolute atomic E-state index is 0.00289. The van der Waals surface area contributed by atoms with E-state index in [0.29, 0.717) is 11.3 Å². The molecule has 30 heavy (non-hydrogen) atoms. The van der Waals surface area contributed by atoms with Gasteiger partial charge in [0.05, 0.1) is 30.1 Å². The summed E-state index contributed by atoms with van der Waals surface area (Å²) in [4.78, 5) is 39.5. The fourth-order valence-corrected chi connectivity index (χ4v) is 6.96. The molecule has 4 aliphatic carbocycles. The van der Waals surface area contributed by atoms with Crippen LogP contribution in [0.1, 0.15) is 44.0 Å².